The molecule has 0 radical (unpaired) electrons. The number of ether oxygens (including phenoxy) is 4. The van der Waals surface area contributed by atoms with E-state index in [1.54, 1.807) is 42.5 Å². The standard InChI is InChI=1S/C60H80O8/c1-7-8-9-13-41-14-16-42(17-15-41)57(63)68-49-22-20-43-36-45(19-18-44(43)37-49)58(64)67-48-25-23-47(24-26-48)65-55(61)30-31-56(62)66-50-32-34-59(5)46(38-50)21-27-51-53-29-28-52(40(4)12-10-11-39(2)3)60(53,6)35-33-54(51)59/h18-26,36-37,39-42,50-54H,7-17,27-35,38H2,1-6H3/t40?,41?,42?,50-,51?,52+,53?,54?,59-,60+/m0/s1. The van der Waals surface area contributed by atoms with Gasteiger partial charge in [0.1, 0.15) is 23.4 Å². The van der Waals surface area contributed by atoms with E-state index >= 15 is 0 Å². The third-order valence-corrected chi connectivity index (χ3v) is 18.0. The molecule has 368 valence electrons. The van der Waals surface area contributed by atoms with Gasteiger partial charge in [0, 0.05) is 6.42 Å². The molecule has 8 atom stereocenters. The van der Waals surface area contributed by atoms with E-state index in [-0.39, 0.29) is 42.2 Å². The molecule has 0 saturated heterocycles. The highest BCUT2D eigenvalue weighted by atomic mass is 16.6. The second-order valence-electron chi connectivity index (χ2n) is 22.8. The van der Waals surface area contributed by atoms with Crippen molar-refractivity contribution in [1.82, 2.24) is 0 Å². The van der Waals surface area contributed by atoms with E-state index < -0.39 is 11.9 Å². The molecule has 8 rings (SSSR count). The van der Waals surface area contributed by atoms with Crippen LogP contribution >= 0.6 is 0 Å². The van der Waals surface area contributed by atoms with E-state index in [1.807, 2.05) is 18.2 Å². The van der Waals surface area contributed by atoms with Crippen LogP contribution in [0.1, 0.15) is 187 Å². The number of allylic oxidation sites excluding steroid dienone is 1. The van der Waals surface area contributed by atoms with Crippen LogP contribution in [0.25, 0.3) is 10.8 Å². The van der Waals surface area contributed by atoms with E-state index in [0.29, 0.717) is 34.1 Å². The Morgan fingerprint density at radius 2 is 1.38 bits per heavy atom. The Labute approximate surface area is 407 Å². The maximum absolute atomic E-state index is 13.1. The van der Waals surface area contributed by atoms with Gasteiger partial charge in [0.25, 0.3) is 0 Å². The minimum atomic E-state index is -0.529. The van der Waals surface area contributed by atoms with Crippen LogP contribution in [0.15, 0.2) is 72.3 Å². The first-order chi connectivity index (χ1) is 32.7. The first-order valence-corrected chi connectivity index (χ1v) is 26.9. The molecular formula is C60H80O8. The first kappa shape index (κ1) is 49.9. The van der Waals surface area contributed by atoms with Gasteiger partial charge in [0.15, 0.2) is 0 Å². The van der Waals surface area contributed by atoms with Crippen molar-refractivity contribution in [2.75, 3.05) is 0 Å². The van der Waals surface area contributed by atoms with Crippen LogP contribution in [0.3, 0.4) is 0 Å². The summed E-state index contributed by atoms with van der Waals surface area (Å²) in [6.45, 7) is 14.6. The molecule has 0 amide bonds. The van der Waals surface area contributed by atoms with Crippen LogP contribution in [0.5, 0.6) is 17.2 Å². The normalized spacial score (nSPS) is 29.2. The Hall–Kier alpha value is -4.46. The van der Waals surface area contributed by atoms with Gasteiger partial charge in [-0.2, -0.15) is 0 Å². The van der Waals surface area contributed by atoms with E-state index in [0.717, 1.165) is 97.6 Å². The van der Waals surface area contributed by atoms with Gasteiger partial charge in [-0.1, -0.05) is 110 Å². The summed E-state index contributed by atoms with van der Waals surface area (Å²) in [6.07, 6.45) is 24.7. The first-order valence-electron chi connectivity index (χ1n) is 26.9. The highest BCUT2D eigenvalue weighted by molar-refractivity contribution is 5.97. The molecule has 8 heteroatoms. The molecule has 5 aliphatic carbocycles. The molecule has 0 aromatic heterocycles. The highest BCUT2D eigenvalue weighted by Gasteiger charge is 2.59. The monoisotopic (exact) mass is 929 g/mol. The number of fused-ring (bicyclic) bond motifs is 6. The molecule has 0 heterocycles. The zero-order chi connectivity index (χ0) is 48.0. The third kappa shape index (κ3) is 11.6. The van der Waals surface area contributed by atoms with Crippen molar-refractivity contribution in [2.45, 2.75) is 182 Å². The summed E-state index contributed by atoms with van der Waals surface area (Å²) in [5, 5.41) is 1.67. The summed E-state index contributed by atoms with van der Waals surface area (Å²) in [6, 6.07) is 17.0. The average Bonchev–Trinajstić information content (AvgIpc) is 3.69. The molecule has 0 aliphatic heterocycles. The SMILES string of the molecule is CCCCCC1CCC(C(=O)Oc2ccc3cc(C(=O)Oc4ccc(OC(=O)CCC(=O)O[C@H]5CC[C@@]6(C)C(=CCC7C6CC[C@@]6(C)C7CC[C@@H]6C(C)CCCC(C)C)C5)cc4)ccc3c2)CC1. The fourth-order valence-electron chi connectivity index (χ4n) is 14.1. The van der Waals surface area contributed by atoms with Crippen molar-refractivity contribution in [3.8, 4) is 17.2 Å². The van der Waals surface area contributed by atoms with Crippen LogP contribution in [-0.4, -0.2) is 30.0 Å². The van der Waals surface area contributed by atoms with Crippen molar-refractivity contribution < 1.29 is 38.1 Å². The largest absolute Gasteiger partial charge is 0.462 e. The third-order valence-electron chi connectivity index (χ3n) is 18.0. The maximum Gasteiger partial charge on any atom is 0.343 e. The smallest absolute Gasteiger partial charge is 0.343 e. The van der Waals surface area contributed by atoms with E-state index in [4.69, 9.17) is 18.9 Å². The summed E-state index contributed by atoms with van der Waals surface area (Å²) in [5.74, 6) is 4.94. The molecule has 8 nitrogen and oxygen atoms in total. The maximum atomic E-state index is 13.1. The van der Waals surface area contributed by atoms with Crippen LogP contribution < -0.4 is 14.2 Å². The number of carbonyl (C=O) groups excluding carboxylic acids is 4. The number of unbranched alkanes of at least 4 members (excludes halogenated alkanes) is 2. The van der Waals surface area contributed by atoms with Gasteiger partial charge in [-0.15, -0.1) is 0 Å². The number of carbonyl (C=O) groups is 4. The van der Waals surface area contributed by atoms with Gasteiger partial charge in [0.2, 0.25) is 0 Å². The Morgan fingerprint density at radius 3 is 2.13 bits per heavy atom. The van der Waals surface area contributed by atoms with Crippen molar-refractivity contribution in [2.24, 2.45) is 58.2 Å². The number of hydrogen-bond donors (Lipinski definition) is 0. The number of esters is 4. The van der Waals surface area contributed by atoms with Crippen molar-refractivity contribution >= 4 is 34.6 Å². The minimum Gasteiger partial charge on any atom is -0.462 e. The van der Waals surface area contributed by atoms with Gasteiger partial charge in [0.05, 0.1) is 24.3 Å². The zero-order valence-corrected chi connectivity index (χ0v) is 42.2. The molecule has 4 fully saturated rings. The molecule has 0 bridgehead atoms. The lowest BCUT2D eigenvalue weighted by Gasteiger charge is -2.58. The Balaban J connectivity index is 0.752. The van der Waals surface area contributed by atoms with Crippen LogP contribution in [0, 0.1) is 58.2 Å². The predicted octanol–water partition coefficient (Wildman–Crippen LogP) is 15.0. The number of rotatable bonds is 18. The summed E-state index contributed by atoms with van der Waals surface area (Å²) in [5.41, 5.74) is 2.51. The summed E-state index contributed by atoms with van der Waals surface area (Å²) >= 11 is 0. The molecule has 0 spiro atoms. The fourth-order valence-corrected chi connectivity index (χ4v) is 14.1. The lowest BCUT2D eigenvalue weighted by atomic mass is 9.47. The van der Waals surface area contributed by atoms with Gasteiger partial charge in [-0.05, 0) is 182 Å². The quantitative estimate of drug-likeness (QED) is 0.0537. The Bertz CT molecular complexity index is 2270. The topological polar surface area (TPSA) is 105 Å². The molecule has 3 aromatic rings. The van der Waals surface area contributed by atoms with Gasteiger partial charge in [-0.25, -0.2) is 4.79 Å². The van der Waals surface area contributed by atoms with Crippen LogP contribution in [-0.2, 0) is 19.1 Å². The fraction of sp³-hybridized carbons (Fsp3) is 0.633. The lowest BCUT2D eigenvalue weighted by molar-refractivity contribution is -0.153. The highest BCUT2D eigenvalue weighted by Crippen LogP contribution is 2.67. The van der Waals surface area contributed by atoms with Gasteiger partial charge in [-0.3, -0.25) is 14.4 Å². The lowest BCUT2D eigenvalue weighted by Crippen LogP contribution is -2.51. The molecule has 0 N–H and O–H groups in total. The van der Waals surface area contributed by atoms with E-state index in [2.05, 4.69) is 47.6 Å². The van der Waals surface area contributed by atoms with Gasteiger partial charge >= 0.3 is 23.9 Å². The van der Waals surface area contributed by atoms with Crippen molar-refractivity contribution in [1.29, 1.82) is 0 Å². The molecule has 68 heavy (non-hydrogen) atoms. The van der Waals surface area contributed by atoms with E-state index in [9.17, 15) is 19.2 Å². The van der Waals surface area contributed by atoms with Crippen LogP contribution in [0.4, 0.5) is 0 Å². The zero-order valence-electron chi connectivity index (χ0n) is 42.2. The number of benzene rings is 3. The predicted molar refractivity (Wildman–Crippen MR) is 268 cm³/mol. The van der Waals surface area contributed by atoms with Crippen molar-refractivity contribution in [3.63, 3.8) is 0 Å². The summed E-state index contributed by atoms with van der Waals surface area (Å²) in [7, 11) is 0. The molecule has 4 saturated carbocycles. The van der Waals surface area contributed by atoms with Crippen molar-refractivity contribution in [3.05, 3.63) is 77.9 Å². The number of hydrogen-bond acceptors (Lipinski definition) is 8. The molecular weight excluding hydrogens is 849 g/mol. The summed E-state index contributed by atoms with van der Waals surface area (Å²) in [4.78, 5) is 52.0. The Kier molecular flexibility index (Phi) is 16.2. The Morgan fingerprint density at radius 1 is 0.676 bits per heavy atom. The summed E-state index contributed by atoms with van der Waals surface area (Å²) < 4.78 is 23.0. The molecule has 3 aromatic carbocycles. The van der Waals surface area contributed by atoms with Crippen LogP contribution in [0.2, 0.25) is 0 Å². The second kappa shape index (κ2) is 22.1. The second-order valence-corrected chi connectivity index (χ2v) is 22.8. The van der Waals surface area contributed by atoms with E-state index in [1.165, 1.54) is 76.2 Å². The molecule has 5 aliphatic rings. The minimum absolute atomic E-state index is 0.0400. The molecule has 4 unspecified atom stereocenters. The average molecular weight is 929 g/mol. The van der Waals surface area contributed by atoms with Gasteiger partial charge < -0.3 is 18.9 Å².